The van der Waals surface area contributed by atoms with E-state index in [2.05, 4.69) is 20.3 Å². The van der Waals surface area contributed by atoms with Gasteiger partial charge in [-0.25, -0.2) is 9.78 Å². The fourth-order valence-corrected chi connectivity index (χ4v) is 3.67. The molecule has 31 heavy (non-hydrogen) atoms. The van der Waals surface area contributed by atoms with Crippen molar-refractivity contribution in [3.05, 3.63) is 77.9 Å². The van der Waals surface area contributed by atoms with Gasteiger partial charge in [-0.15, -0.1) is 12.4 Å². The second kappa shape index (κ2) is 9.36. The Kier molecular flexibility index (Phi) is 7.01. The van der Waals surface area contributed by atoms with Crippen molar-refractivity contribution < 1.29 is 0 Å². The van der Waals surface area contributed by atoms with Gasteiger partial charge in [0.25, 0.3) is 5.56 Å². The summed E-state index contributed by atoms with van der Waals surface area (Å²) >= 11 is 12.0. The zero-order valence-electron chi connectivity index (χ0n) is 16.8. The molecule has 0 radical (unpaired) electrons. The van der Waals surface area contributed by atoms with E-state index in [0.717, 1.165) is 22.2 Å². The summed E-state index contributed by atoms with van der Waals surface area (Å²) in [7, 11) is 0. The van der Waals surface area contributed by atoms with Crippen LogP contribution in [-0.2, 0) is 13.1 Å². The van der Waals surface area contributed by atoms with Crippen LogP contribution in [0.2, 0.25) is 10.0 Å². The normalized spacial score (nSPS) is 11.1. The number of hydrogen-bond donors (Lipinski definition) is 2. The van der Waals surface area contributed by atoms with E-state index in [1.807, 2.05) is 42.7 Å². The maximum atomic E-state index is 12.3. The molecule has 4 rings (SSSR count). The number of aromatic amines is 1. The smallest absolute Gasteiger partial charge is 0.321 e. The van der Waals surface area contributed by atoms with Crippen molar-refractivity contribution in [2.24, 2.45) is 0 Å². The monoisotopic (exact) mass is 479 g/mol. The Morgan fingerprint density at radius 3 is 2.52 bits per heavy atom. The van der Waals surface area contributed by atoms with Gasteiger partial charge in [-0.3, -0.25) is 9.78 Å². The van der Waals surface area contributed by atoms with Crippen molar-refractivity contribution in [2.75, 3.05) is 6.54 Å². The maximum Gasteiger partial charge on any atom is 0.349 e. The molecule has 10 heteroatoms. The second-order valence-corrected chi connectivity index (χ2v) is 7.97. The van der Waals surface area contributed by atoms with Gasteiger partial charge in [-0.2, -0.15) is 4.98 Å². The van der Waals surface area contributed by atoms with Crippen LogP contribution >= 0.6 is 35.6 Å². The first-order chi connectivity index (χ1) is 14.3. The molecule has 162 valence electrons. The van der Waals surface area contributed by atoms with E-state index in [-0.39, 0.29) is 23.9 Å². The number of aryl methyl sites for hydroxylation is 2. The van der Waals surface area contributed by atoms with Gasteiger partial charge in [0.15, 0.2) is 11.5 Å². The van der Waals surface area contributed by atoms with Crippen LogP contribution in [0.3, 0.4) is 0 Å². The van der Waals surface area contributed by atoms with Gasteiger partial charge in [0.05, 0.1) is 21.1 Å². The molecule has 0 aromatic heterocycles. The van der Waals surface area contributed by atoms with Crippen LogP contribution in [0.1, 0.15) is 16.7 Å². The lowest BCUT2D eigenvalue weighted by Crippen LogP contribution is -2.30. The van der Waals surface area contributed by atoms with Crippen LogP contribution in [-0.4, -0.2) is 26.1 Å². The average Bonchev–Trinajstić information content (AvgIpc) is 2.69. The minimum Gasteiger partial charge on any atom is -0.321 e. The zero-order chi connectivity index (χ0) is 21.4. The van der Waals surface area contributed by atoms with E-state index in [9.17, 15) is 9.59 Å². The van der Waals surface area contributed by atoms with Crippen molar-refractivity contribution >= 4 is 46.6 Å². The highest BCUT2D eigenvalue weighted by atomic mass is 35.5. The summed E-state index contributed by atoms with van der Waals surface area (Å²) in [5.41, 5.74) is 3.59. The molecule has 2 aromatic carbocycles. The topological polar surface area (TPSA) is 92.7 Å². The van der Waals surface area contributed by atoms with Gasteiger partial charge in [0.1, 0.15) is 0 Å². The third-order valence-corrected chi connectivity index (χ3v) is 5.79. The van der Waals surface area contributed by atoms with Gasteiger partial charge in [0, 0.05) is 19.6 Å². The largest absolute Gasteiger partial charge is 0.349 e. The molecule has 0 spiro atoms. The first-order valence-corrected chi connectivity index (χ1v) is 10.2. The minimum absolute atomic E-state index is 0. The fourth-order valence-electron chi connectivity index (χ4n) is 3.35. The number of halogens is 3. The summed E-state index contributed by atoms with van der Waals surface area (Å²) < 4.78 is 1.86. The highest BCUT2D eigenvalue weighted by Crippen LogP contribution is 2.24. The minimum atomic E-state index is -0.685. The molecular formula is C21H20Cl3N5O2. The Bertz CT molecular complexity index is 1350. The summed E-state index contributed by atoms with van der Waals surface area (Å²) in [6.45, 7) is 5.67. The lowest BCUT2D eigenvalue weighted by atomic mass is 10.1. The first kappa shape index (κ1) is 23.2. The van der Waals surface area contributed by atoms with Crippen LogP contribution in [0.15, 0.2) is 39.9 Å². The van der Waals surface area contributed by atoms with Crippen molar-refractivity contribution in [3.8, 4) is 11.5 Å². The molecule has 0 fully saturated rings. The summed E-state index contributed by atoms with van der Waals surface area (Å²) in [5, 5.41) is 4.37. The number of H-pyrrole nitrogens is 1. The zero-order valence-corrected chi connectivity index (χ0v) is 19.2. The average molecular weight is 481 g/mol. The molecule has 2 aliphatic rings. The Hall–Kier alpha value is -2.45. The van der Waals surface area contributed by atoms with Gasteiger partial charge in [-0.1, -0.05) is 29.3 Å². The number of nitrogens with zero attached hydrogens (tertiary/aromatic N) is 3. The van der Waals surface area contributed by atoms with E-state index < -0.39 is 11.2 Å². The molecule has 2 heterocycles. The van der Waals surface area contributed by atoms with E-state index >= 15 is 0 Å². The maximum absolute atomic E-state index is 12.3. The highest BCUT2D eigenvalue weighted by Gasteiger charge is 2.19. The van der Waals surface area contributed by atoms with Gasteiger partial charge < -0.3 is 9.88 Å². The molecule has 0 aliphatic carbocycles. The van der Waals surface area contributed by atoms with E-state index in [4.69, 9.17) is 23.2 Å². The number of fused-ring (bicyclic) bond motifs is 2. The van der Waals surface area contributed by atoms with Crippen molar-refractivity contribution in [1.82, 2.24) is 24.8 Å². The molecule has 7 nitrogen and oxygen atoms in total. The van der Waals surface area contributed by atoms with Crippen molar-refractivity contribution in [3.63, 3.8) is 0 Å². The third kappa shape index (κ3) is 4.75. The van der Waals surface area contributed by atoms with Crippen molar-refractivity contribution in [1.29, 1.82) is 0 Å². The Morgan fingerprint density at radius 2 is 1.77 bits per heavy atom. The molecule has 2 N–H and O–H groups in total. The highest BCUT2D eigenvalue weighted by molar-refractivity contribution is 6.42. The summed E-state index contributed by atoms with van der Waals surface area (Å²) in [5.74, 6) is 0.274. The first-order valence-electron chi connectivity index (χ1n) is 9.40. The number of nitrogens with one attached hydrogen (secondary N) is 2. The van der Waals surface area contributed by atoms with Crippen molar-refractivity contribution in [2.45, 2.75) is 26.9 Å². The summed E-state index contributed by atoms with van der Waals surface area (Å²) in [6.07, 6.45) is 0. The fraction of sp³-hybridized carbons (Fsp3) is 0.238. The van der Waals surface area contributed by atoms with E-state index in [0.29, 0.717) is 35.2 Å². The molecule has 2 aliphatic heterocycles. The van der Waals surface area contributed by atoms with Crippen LogP contribution in [0.4, 0.5) is 0 Å². The Labute approximate surface area is 194 Å². The number of rotatable bonds is 5. The molecule has 0 saturated heterocycles. The standard InChI is InChI=1S/C21H19Cl2N5O2.ClH/c1-11-7-16-17(8-12(11)2)28(19-18(25-16)20(29)27-21(30)26-19)6-5-24-10-13-3-4-14(22)15(23)9-13;/h3-4,7-9,24H,5-6,10H2,1-2H3,(H,27,29,30);1H. The lowest BCUT2D eigenvalue weighted by molar-refractivity contribution is 0.603. The number of aromatic nitrogens is 4. The van der Waals surface area contributed by atoms with Gasteiger partial charge in [-0.05, 0) is 54.8 Å². The molecule has 0 amide bonds. The summed E-state index contributed by atoms with van der Waals surface area (Å²) in [4.78, 5) is 34.8. The Morgan fingerprint density at radius 1 is 1.03 bits per heavy atom. The molecular weight excluding hydrogens is 461 g/mol. The molecule has 0 unspecified atom stereocenters. The second-order valence-electron chi connectivity index (χ2n) is 7.16. The summed E-state index contributed by atoms with van der Waals surface area (Å²) in [6, 6.07) is 9.43. The lowest BCUT2D eigenvalue weighted by Gasteiger charge is -2.18. The van der Waals surface area contributed by atoms with Gasteiger partial charge >= 0.3 is 5.69 Å². The number of benzene rings is 2. The Balaban J connectivity index is 0.00000272. The van der Waals surface area contributed by atoms with Crippen LogP contribution in [0, 0.1) is 13.8 Å². The van der Waals surface area contributed by atoms with E-state index in [1.54, 1.807) is 6.07 Å². The van der Waals surface area contributed by atoms with E-state index in [1.165, 1.54) is 0 Å². The quantitative estimate of drug-likeness (QED) is 0.335. The molecule has 0 bridgehead atoms. The SMILES string of the molecule is Cc1cc2nc3c(=O)[nH]c(=O)nc-3n(CCNCc3ccc(Cl)c(Cl)c3)c2cc1C.Cl. The predicted octanol–water partition coefficient (Wildman–Crippen LogP) is 3.72. The van der Waals surface area contributed by atoms with Crippen LogP contribution < -0.4 is 16.6 Å². The molecule has 0 atom stereocenters. The van der Waals surface area contributed by atoms with Gasteiger partial charge in [0.2, 0.25) is 0 Å². The predicted molar refractivity (Wildman–Crippen MR) is 126 cm³/mol. The van der Waals surface area contributed by atoms with Crippen LogP contribution in [0.25, 0.3) is 22.6 Å². The molecule has 0 saturated carbocycles. The third-order valence-electron chi connectivity index (χ3n) is 5.05. The van der Waals surface area contributed by atoms with Crippen LogP contribution in [0.5, 0.6) is 0 Å². The number of hydrogen-bond acceptors (Lipinski definition) is 5. The molecule has 2 aromatic rings.